The predicted molar refractivity (Wildman–Crippen MR) is 173 cm³/mol. The second-order valence-electron chi connectivity index (χ2n) is 10.9. The molecule has 0 saturated heterocycles. The van der Waals surface area contributed by atoms with E-state index in [1.165, 1.54) is 55.4 Å². The fourth-order valence-corrected chi connectivity index (χ4v) is 6.55. The highest BCUT2D eigenvalue weighted by molar-refractivity contribution is 6.31. The van der Waals surface area contributed by atoms with Crippen LogP contribution < -0.4 is 11.5 Å². The van der Waals surface area contributed by atoms with Gasteiger partial charge in [-0.25, -0.2) is 0 Å². The Morgan fingerprint density at radius 3 is 2.10 bits per heavy atom. The highest BCUT2D eigenvalue weighted by Gasteiger charge is 2.19. The Labute approximate surface area is 247 Å². The minimum atomic E-state index is 0.619. The first-order valence-corrected chi connectivity index (χ1v) is 14.8. The zero-order valence-electron chi connectivity index (χ0n) is 23.6. The van der Waals surface area contributed by atoms with Gasteiger partial charge in [0.2, 0.25) is 0 Å². The van der Waals surface area contributed by atoms with Crippen molar-refractivity contribution in [3.05, 3.63) is 141 Å². The number of aromatic nitrogens is 2. The molecule has 0 fully saturated rings. The molecule has 0 spiro atoms. The van der Waals surface area contributed by atoms with Crippen LogP contribution in [0.25, 0.3) is 21.8 Å². The summed E-state index contributed by atoms with van der Waals surface area (Å²) >= 11 is 6.61. The number of fused-ring (bicyclic) bond motifs is 2. The smallest absolute Gasteiger partial charge is 0.0493 e. The lowest BCUT2D eigenvalue weighted by molar-refractivity contribution is 0.770. The molecule has 4 aromatic carbocycles. The van der Waals surface area contributed by atoms with E-state index in [-0.39, 0.29) is 0 Å². The zero-order chi connectivity index (χ0) is 28.3. The van der Waals surface area contributed by atoms with Crippen LogP contribution in [0, 0.1) is 6.92 Å². The molecule has 5 heteroatoms. The van der Waals surface area contributed by atoms with Crippen LogP contribution in [-0.2, 0) is 32.4 Å². The van der Waals surface area contributed by atoms with E-state index < -0.39 is 0 Å². The molecule has 208 valence electrons. The van der Waals surface area contributed by atoms with Gasteiger partial charge in [0, 0.05) is 57.7 Å². The first kappa shape index (κ1) is 27.3. The van der Waals surface area contributed by atoms with E-state index in [1.54, 1.807) is 0 Å². The van der Waals surface area contributed by atoms with Gasteiger partial charge in [0.05, 0.1) is 0 Å². The molecular formula is C36H37ClN4. The number of hydrogen-bond donors (Lipinski definition) is 2. The van der Waals surface area contributed by atoms with Gasteiger partial charge in [0.15, 0.2) is 0 Å². The van der Waals surface area contributed by atoms with Crippen molar-refractivity contribution in [2.75, 3.05) is 13.1 Å². The highest BCUT2D eigenvalue weighted by Crippen LogP contribution is 2.33. The average molecular weight is 561 g/mol. The SMILES string of the molecule is Cc1c(CCN)c2ccc(Cc3c(CCN)c4ccccc4n3Cc3ccccc3)cc2n1Cc1ccccc1Cl. The molecule has 0 aliphatic carbocycles. The zero-order valence-corrected chi connectivity index (χ0v) is 24.4. The quantitative estimate of drug-likeness (QED) is 0.185. The van der Waals surface area contributed by atoms with Crippen LogP contribution in [0.1, 0.15) is 39.2 Å². The number of nitrogens with two attached hydrogens (primary N) is 2. The Hall–Kier alpha value is -3.83. The van der Waals surface area contributed by atoms with Gasteiger partial charge in [-0.15, -0.1) is 0 Å². The minimum Gasteiger partial charge on any atom is -0.340 e. The Bertz CT molecular complexity index is 1810. The van der Waals surface area contributed by atoms with E-state index >= 15 is 0 Å². The number of para-hydroxylation sites is 1. The molecule has 2 heterocycles. The molecule has 4 nitrogen and oxygen atoms in total. The number of nitrogens with zero attached hydrogens (tertiary/aromatic N) is 2. The molecular weight excluding hydrogens is 524 g/mol. The van der Waals surface area contributed by atoms with Gasteiger partial charge >= 0.3 is 0 Å². The van der Waals surface area contributed by atoms with Gasteiger partial charge in [-0.3, -0.25) is 0 Å². The van der Waals surface area contributed by atoms with Gasteiger partial charge in [-0.1, -0.05) is 90.5 Å². The number of halogens is 1. The first-order chi connectivity index (χ1) is 20.1. The van der Waals surface area contributed by atoms with E-state index in [1.807, 2.05) is 12.1 Å². The van der Waals surface area contributed by atoms with Crippen molar-refractivity contribution in [1.82, 2.24) is 9.13 Å². The summed E-state index contributed by atoms with van der Waals surface area (Å²) in [7, 11) is 0. The van der Waals surface area contributed by atoms with Crippen LogP contribution in [0.5, 0.6) is 0 Å². The van der Waals surface area contributed by atoms with Crippen LogP contribution in [0.4, 0.5) is 0 Å². The van der Waals surface area contributed by atoms with Crippen molar-refractivity contribution in [1.29, 1.82) is 0 Å². The second kappa shape index (κ2) is 12.0. The lowest BCUT2D eigenvalue weighted by atomic mass is 10.0. The summed E-state index contributed by atoms with van der Waals surface area (Å²) in [5.74, 6) is 0. The molecule has 2 aromatic heterocycles. The largest absolute Gasteiger partial charge is 0.340 e. The molecule has 0 amide bonds. The normalized spacial score (nSPS) is 11.6. The van der Waals surface area contributed by atoms with E-state index in [4.69, 9.17) is 23.1 Å². The number of hydrogen-bond acceptors (Lipinski definition) is 2. The van der Waals surface area contributed by atoms with Gasteiger partial charge in [0.25, 0.3) is 0 Å². The molecule has 0 radical (unpaired) electrons. The van der Waals surface area contributed by atoms with Crippen molar-refractivity contribution in [3.63, 3.8) is 0 Å². The Morgan fingerprint density at radius 2 is 1.32 bits per heavy atom. The first-order valence-electron chi connectivity index (χ1n) is 14.5. The molecule has 0 saturated carbocycles. The summed E-state index contributed by atoms with van der Waals surface area (Å²) in [6.45, 7) is 5.00. The summed E-state index contributed by atoms with van der Waals surface area (Å²) in [5, 5.41) is 3.37. The summed E-state index contributed by atoms with van der Waals surface area (Å²) in [4.78, 5) is 0. The topological polar surface area (TPSA) is 61.9 Å². The van der Waals surface area contributed by atoms with Gasteiger partial charge in [-0.2, -0.15) is 0 Å². The third-order valence-electron chi connectivity index (χ3n) is 8.34. The van der Waals surface area contributed by atoms with Crippen molar-refractivity contribution in [2.24, 2.45) is 11.5 Å². The molecule has 6 aromatic rings. The van der Waals surface area contributed by atoms with Crippen LogP contribution in [-0.4, -0.2) is 22.2 Å². The molecule has 4 N–H and O–H groups in total. The lowest BCUT2D eigenvalue weighted by Gasteiger charge is -2.14. The third-order valence-corrected chi connectivity index (χ3v) is 8.71. The Kier molecular flexibility index (Phi) is 7.97. The number of rotatable bonds is 10. The van der Waals surface area contributed by atoms with Gasteiger partial charge < -0.3 is 20.6 Å². The molecule has 0 aliphatic rings. The average Bonchev–Trinajstić information content (AvgIpc) is 3.41. The van der Waals surface area contributed by atoms with Crippen molar-refractivity contribution in [2.45, 2.75) is 39.3 Å². The van der Waals surface area contributed by atoms with Crippen molar-refractivity contribution >= 4 is 33.4 Å². The maximum absolute atomic E-state index is 6.61. The Morgan fingerprint density at radius 1 is 0.634 bits per heavy atom. The van der Waals surface area contributed by atoms with Gasteiger partial charge in [0.1, 0.15) is 0 Å². The number of benzene rings is 4. The summed E-state index contributed by atoms with van der Waals surface area (Å²) in [5.41, 5.74) is 23.7. The maximum Gasteiger partial charge on any atom is 0.0493 e. The van der Waals surface area contributed by atoms with Crippen LogP contribution in [0.15, 0.2) is 97.1 Å². The Balaban J connectivity index is 1.48. The highest BCUT2D eigenvalue weighted by atomic mass is 35.5. The van der Waals surface area contributed by atoms with E-state index in [0.717, 1.165) is 42.9 Å². The molecule has 0 atom stereocenters. The van der Waals surface area contributed by atoms with Crippen molar-refractivity contribution in [3.8, 4) is 0 Å². The van der Waals surface area contributed by atoms with Crippen LogP contribution in [0.3, 0.4) is 0 Å². The minimum absolute atomic E-state index is 0.619. The second-order valence-corrected chi connectivity index (χ2v) is 11.3. The van der Waals surface area contributed by atoms with Gasteiger partial charge in [-0.05, 0) is 78.9 Å². The van der Waals surface area contributed by atoms with E-state index in [9.17, 15) is 0 Å². The monoisotopic (exact) mass is 560 g/mol. The predicted octanol–water partition coefficient (Wildman–Crippen LogP) is 7.25. The fraction of sp³-hybridized carbons (Fsp3) is 0.222. The summed E-state index contributed by atoms with van der Waals surface area (Å²) in [6, 6.07) is 34.5. The third kappa shape index (κ3) is 5.31. The standard InChI is InChI=1S/C36H37ClN4/c1-25-29(17-19-38)31-16-15-27(21-35(31)40(25)24-28-11-5-7-13-33(28)37)22-36-32(18-20-39)30-12-6-8-14-34(30)41(36)23-26-9-3-2-4-10-26/h2-16,21H,17-20,22-24,38-39H2,1H3. The maximum atomic E-state index is 6.61. The molecule has 0 bridgehead atoms. The fourth-order valence-electron chi connectivity index (χ4n) is 6.36. The van der Waals surface area contributed by atoms with Crippen LogP contribution in [0.2, 0.25) is 5.02 Å². The molecule has 0 aliphatic heterocycles. The van der Waals surface area contributed by atoms with E-state index in [0.29, 0.717) is 13.1 Å². The summed E-state index contributed by atoms with van der Waals surface area (Å²) < 4.78 is 4.90. The molecule has 0 unspecified atom stereocenters. The summed E-state index contributed by atoms with van der Waals surface area (Å²) in [6.07, 6.45) is 2.53. The molecule has 41 heavy (non-hydrogen) atoms. The van der Waals surface area contributed by atoms with E-state index in [2.05, 4.69) is 101 Å². The molecule has 6 rings (SSSR count). The lowest BCUT2D eigenvalue weighted by Crippen LogP contribution is -2.09. The van der Waals surface area contributed by atoms with Crippen LogP contribution >= 0.6 is 11.6 Å². The van der Waals surface area contributed by atoms with Crippen molar-refractivity contribution < 1.29 is 0 Å².